The number of ether oxygens (including phenoxy) is 2. The second-order valence-corrected chi connectivity index (χ2v) is 4.77. The minimum Gasteiger partial charge on any atom is -0.395 e. The lowest BCUT2D eigenvalue weighted by Gasteiger charge is -2.31. The summed E-state index contributed by atoms with van der Waals surface area (Å²) in [7, 11) is 1.63. The molecule has 4 heteroatoms. The second-order valence-electron chi connectivity index (χ2n) is 4.77. The van der Waals surface area contributed by atoms with Crippen molar-refractivity contribution in [2.45, 2.75) is 18.8 Å². The Morgan fingerprint density at radius 3 is 2.32 bits per heavy atom. The fourth-order valence-corrected chi connectivity index (χ4v) is 2.19. The predicted octanol–water partition coefficient (Wildman–Crippen LogP) is 1.27. The van der Waals surface area contributed by atoms with Gasteiger partial charge in [-0.25, -0.2) is 0 Å². The summed E-state index contributed by atoms with van der Waals surface area (Å²) in [4.78, 5) is 0. The van der Waals surface area contributed by atoms with E-state index in [1.165, 1.54) is 0 Å². The molecule has 0 aliphatic carbocycles. The van der Waals surface area contributed by atoms with Gasteiger partial charge < -0.3 is 19.7 Å². The average Bonchev–Trinajstić information content (AvgIpc) is 2.44. The molecular formula is C15H24O4. The van der Waals surface area contributed by atoms with Gasteiger partial charge in [0, 0.05) is 19.1 Å². The Morgan fingerprint density at radius 2 is 1.74 bits per heavy atom. The van der Waals surface area contributed by atoms with E-state index in [1.807, 2.05) is 31.2 Å². The predicted molar refractivity (Wildman–Crippen MR) is 74.3 cm³/mol. The van der Waals surface area contributed by atoms with Crippen LogP contribution in [0.2, 0.25) is 0 Å². The zero-order valence-electron chi connectivity index (χ0n) is 11.8. The van der Waals surface area contributed by atoms with Crippen LogP contribution in [-0.4, -0.2) is 50.4 Å². The van der Waals surface area contributed by atoms with Gasteiger partial charge >= 0.3 is 0 Å². The third-order valence-electron chi connectivity index (χ3n) is 3.48. The fourth-order valence-electron chi connectivity index (χ4n) is 2.19. The van der Waals surface area contributed by atoms with Gasteiger partial charge in [-0.15, -0.1) is 0 Å². The molecule has 1 rings (SSSR count). The summed E-state index contributed by atoms with van der Waals surface area (Å²) in [6.45, 7) is 3.36. The van der Waals surface area contributed by atoms with Gasteiger partial charge in [0.25, 0.3) is 0 Å². The second kappa shape index (κ2) is 8.27. The quantitative estimate of drug-likeness (QED) is 0.662. The lowest BCUT2D eigenvalue weighted by Crippen LogP contribution is -2.37. The van der Waals surface area contributed by atoms with E-state index in [-0.39, 0.29) is 13.2 Å². The number of methoxy groups -OCH3 is 1. The van der Waals surface area contributed by atoms with E-state index in [2.05, 4.69) is 0 Å². The van der Waals surface area contributed by atoms with Crippen LogP contribution < -0.4 is 0 Å². The van der Waals surface area contributed by atoms with Crippen molar-refractivity contribution in [2.75, 3.05) is 40.1 Å². The summed E-state index contributed by atoms with van der Waals surface area (Å²) in [5, 5.41) is 19.4. The van der Waals surface area contributed by atoms with Crippen LogP contribution in [0.3, 0.4) is 0 Å². The van der Waals surface area contributed by atoms with Gasteiger partial charge in [-0.3, -0.25) is 0 Å². The first-order valence-corrected chi connectivity index (χ1v) is 6.54. The summed E-state index contributed by atoms with van der Waals surface area (Å²) >= 11 is 0. The average molecular weight is 268 g/mol. The molecule has 1 aromatic carbocycles. The number of aryl methyl sites for hydroxylation is 1. The van der Waals surface area contributed by atoms with Crippen LogP contribution in [0.4, 0.5) is 0 Å². The van der Waals surface area contributed by atoms with Crippen LogP contribution in [0.15, 0.2) is 24.3 Å². The van der Waals surface area contributed by atoms with Gasteiger partial charge in [-0.05, 0) is 24.5 Å². The molecule has 4 nitrogen and oxygen atoms in total. The maximum atomic E-state index is 9.72. The van der Waals surface area contributed by atoms with Crippen LogP contribution in [0.1, 0.15) is 17.5 Å². The topological polar surface area (TPSA) is 58.9 Å². The lowest BCUT2D eigenvalue weighted by molar-refractivity contribution is 0.0389. The SMILES string of the molecule is COCCOCCC(CO)(CO)c1ccccc1C. The largest absolute Gasteiger partial charge is 0.395 e. The normalized spacial score (nSPS) is 11.8. The van der Waals surface area contributed by atoms with Gasteiger partial charge in [-0.2, -0.15) is 0 Å². The van der Waals surface area contributed by atoms with Gasteiger partial charge in [0.1, 0.15) is 0 Å². The van der Waals surface area contributed by atoms with Crippen LogP contribution >= 0.6 is 0 Å². The zero-order chi connectivity index (χ0) is 14.1. The fraction of sp³-hybridized carbons (Fsp3) is 0.600. The Morgan fingerprint density at radius 1 is 1.05 bits per heavy atom. The van der Waals surface area contributed by atoms with Crippen molar-refractivity contribution in [3.05, 3.63) is 35.4 Å². The van der Waals surface area contributed by atoms with E-state index in [4.69, 9.17) is 9.47 Å². The minimum absolute atomic E-state index is 0.0952. The molecule has 0 heterocycles. The molecule has 1 aromatic rings. The Hall–Kier alpha value is -0.940. The Kier molecular flexibility index (Phi) is 7.02. The number of aliphatic hydroxyl groups excluding tert-OH is 2. The highest BCUT2D eigenvalue weighted by Crippen LogP contribution is 2.29. The van der Waals surface area contributed by atoms with E-state index in [9.17, 15) is 10.2 Å². The molecule has 0 fully saturated rings. The van der Waals surface area contributed by atoms with Crippen LogP contribution in [0.25, 0.3) is 0 Å². The summed E-state index contributed by atoms with van der Waals surface area (Å²) < 4.78 is 10.4. The Bertz CT molecular complexity index is 361. The number of aliphatic hydroxyl groups is 2. The molecule has 0 aliphatic rings. The minimum atomic E-state index is -0.640. The third kappa shape index (κ3) is 4.28. The van der Waals surface area contributed by atoms with E-state index < -0.39 is 5.41 Å². The van der Waals surface area contributed by atoms with E-state index in [0.717, 1.165) is 11.1 Å². The standard InChI is InChI=1S/C15H24O4/c1-13-5-3-4-6-14(13)15(11-16,12-17)7-8-19-10-9-18-2/h3-6,16-17H,7-12H2,1-2H3. The summed E-state index contributed by atoms with van der Waals surface area (Å²) in [5.41, 5.74) is 1.41. The maximum absolute atomic E-state index is 9.72. The molecule has 0 unspecified atom stereocenters. The number of hydrogen-bond acceptors (Lipinski definition) is 4. The molecule has 0 amide bonds. The van der Waals surface area contributed by atoms with Crippen LogP contribution in [0.5, 0.6) is 0 Å². The number of rotatable bonds is 9. The molecule has 0 spiro atoms. The smallest absolute Gasteiger partial charge is 0.0700 e. The molecule has 0 saturated heterocycles. The Balaban J connectivity index is 2.71. The van der Waals surface area contributed by atoms with E-state index in [0.29, 0.717) is 26.2 Å². The highest BCUT2D eigenvalue weighted by molar-refractivity contribution is 5.33. The van der Waals surface area contributed by atoms with E-state index >= 15 is 0 Å². The van der Waals surface area contributed by atoms with Gasteiger partial charge in [0.2, 0.25) is 0 Å². The molecular weight excluding hydrogens is 244 g/mol. The van der Waals surface area contributed by atoms with E-state index in [1.54, 1.807) is 7.11 Å². The first-order valence-electron chi connectivity index (χ1n) is 6.54. The van der Waals surface area contributed by atoms with Gasteiger partial charge in [0.15, 0.2) is 0 Å². The summed E-state index contributed by atoms with van der Waals surface area (Å²) in [5.74, 6) is 0. The molecule has 0 saturated carbocycles. The molecule has 108 valence electrons. The first kappa shape index (κ1) is 16.1. The number of benzene rings is 1. The lowest BCUT2D eigenvalue weighted by atomic mass is 9.77. The molecule has 0 atom stereocenters. The number of hydrogen-bond donors (Lipinski definition) is 2. The summed E-state index contributed by atoms with van der Waals surface area (Å²) in [6, 6.07) is 7.82. The van der Waals surface area contributed by atoms with Gasteiger partial charge in [0.05, 0.1) is 26.4 Å². The zero-order valence-corrected chi connectivity index (χ0v) is 11.8. The van der Waals surface area contributed by atoms with Crippen molar-refractivity contribution >= 4 is 0 Å². The molecule has 0 aromatic heterocycles. The van der Waals surface area contributed by atoms with Crippen molar-refractivity contribution in [3.63, 3.8) is 0 Å². The van der Waals surface area contributed by atoms with Crippen molar-refractivity contribution in [1.82, 2.24) is 0 Å². The third-order valence-corrected chi connectivity index (χ3v) is 3.48. The Labute approximate surface area is 115 Å². The molecule has 0 bridgehead atoms. The van der Waals surface area contributed by atoms with Crippen molar-refractivity contribution in [2.24, 2.45) is 0 Å². The highest BCUT2D eigenvalue weighted by atomic mass is 16.5. The summed E-state index contributed by atoms with van der Waals surface area (Å²) in [6.07, 6.45) is 0.578. The van der Waals surface area contributed by atoms with Crippen LogP contribution in [-0.2, 0) is 14.9 Å². The molecule has 0 aliphatic heterocycles. The molecule has 19 heavy (non-hydrogen) atoms. The van der Waals surface area contributed by atoms with Gasteiger partial charge in [-0.1, -0.05) is 24.3 Å². The molecule has 2 N–H and O–H groups in total. The van der Waals surface area contributed by atoms with Crippen LogP contribution in [0, 0.1) is 6.92 Å². The maximum Gasteiger partial charge on any atom is 0.0700 e. The van der Waals surface area contributed by atoms with Crippen molar-refractivity contribution < 1.29 is 19.7 Å². The first-order chi connectivity index (χ1) is 9.20. The molecule has 0 radical (unpaired) electrons. The van der Waals surface area contributed by atoms with Crippen molar-refractivity contribution in [3.8, 4) is 0 Å². The monoisotopic (exact) mass is 268 g/mol. The van der Waals surface area contributed by atoms with Crippen molar-refractivity contribution in [1.29, 1.82) is 0 Å². The highest BCUT2D eigenvalue weighted by Gasteiger charge is 2.31.